The van der Waals surface area contributed by atoms with Crippen LogP contribution < -0.4 is 5.32 Å². The van der Waals surface area contributed by atoms with E-state index in [1.807, 2.05) is 51.1 Å². The molecule has 96 valence electrons. The van der Waals surface area contributed by atoms with Crippen LogP contribution in [0.1, 0.15) is 38.8 Å². The van der Waals surface area contributed by atoms with Crippen molar-refractivity contribution in [1.29, 1.82) is 0 Å². The highest BCUT2D eigenvalue weighted by molar-refractivity contribution is 6.05. The fourth-order valence-corrected chi connectivity index (χ4v) is 2.08. The summed E-state index contributed by atoms with van der Waals surface area (Å²) in [6.45, 7) is 5.77. The third kappa shape index (κ3) is 1.98. The van der Waals surface area contributed by atoms with Crippen LogP contribution in [-0.4, -0.2) is 22.4 Å². The number of hydrogen-bond donors (Lipinski definition) is 1. The van der Waals surface area contributed by atoms with Crippen molar-refractivity contribution in [3.05, 3.63) is 35.9 Å². The quantitative estimate of drug-likeness (QED) is 0.833. The van der Waals surface area contributed by atoms with Gasteiger partial charge in [-0.15, -0.1) is 0 Å². The van der Waals surface area contributed by atoms with E-state index in [2.05, 4.69) is 5.32 Å². The van der Waals surface area contributed by atoms with E-state index in [0.29, 0.717) is 0 Å². The molecule has 1 saturated heterocycles. The molecule has 4 nitrogen and oxygen atoms in total. The number of rotatable bonds is 3. The lowest BCUT2D eigenvalue weighted by Crippen LogP contribution is -2.47. The highest BCUT2D eigenvalue weighted by Crippen LogP contribution is 2.29. The molecule has 3 amide bonds. The van der Waals surface area contributed by atoms with Gasteiger partial charge in [0, 0.05) is 5.54 Å². The molecule has 1 atom stereocenters. The molecule has 18 heavy (non-hydrogen) atoms. The zero-order chi connectivity index (χ0) is 13.3. The van der Waals surface area contributed by atoms with Crippen LogP contribution in [0.2, 0.25) is 0 Å². The number of benzene rings is 1. The predicted molar refractivity (Wildman–Crippen MR) is 68.9 cm³/mol. The standard InChI is InChI=1S/C14H18N2O2/c1-4-14(2,3)16-12(17)11(15-13(16)18)10-8-6-5-7-9-10/h5-9,11H,4H2,1-3H3,(H,15,18). The van der Waals surface area contributed by atoms with E-state index in [1.165, 1.54) is 4.90 Å². The molecule has 0 bridgehead atoms. The van der Waals surface area contributed by atoms with Crippen molar-refractivity contribution >= 4 is 11.9 Å². The van der Waals surface area contributed by atoms with Gasteiger partial charge in [0.1, 0.15) is 6.04 Å². The summed E-state index contributed by atoms with van der Waals surface area (Å²) in [6, 6.07) is 8.46. The van der Waals surface area contributed by atoms with Crippen molar-refractivity contribution in [1.82, 2.24) is 10.2 Å². The molecule has 0 aromatic heterocycles. The van der Waals surface area contributed by atoms with Crippen LogP contribution in [0.25, 0.3) is 0 Å². The molecule has 0 saturated carbocycles. The molecule has 0 spiro atoms. The lowest BCUT2D eigenvalue weighted by atomic mass is 9.98. The predicted octanol–water partition coefficient (Wildman–Crippen LogP) is 2.47. The maximum absolute atomic E-state index is 12.4. The Balaban J connectivity index is 2.31. The van der Waals surface area contributed by atoms with Crippen molar-refractivity contribution in [2.75, 3.05) is 0 Å². The number of nitrogens with one attached hydrogen (secondary N) is 1. The first-order chi connectivity index (χ1) is 8.47. The second kappa shape index (κ2) is 4.44. The Morgan fingerprint density at radius 1 is 1.22 bits per heavy atom. The van der Waals surface area contributed by atoms with Crippen LogP contribution in [0.3, 0.4) is 0 Å². The number of imide groups is 1. The van der Waals surface area contributed by atoms with Crippen LogP contribution in [0.4, 0.5) is 4.79 Å². The Labute approximate surface area is 107 Å². The molecule has 1 aromatic carbocycles. The summed E-state index contributed by atoms with van der Waals surface area (Å²) in [7, 11) is 0. The summed E-state index contributed by atoms with van der Waals surface area (Å²) >= 11 is 0. The van der Waals surface area contributed by atoms with Gasteiger partial charge in [0.15, 0.2) is 0 Å². The molecule has 1 aromatic rings. The lowest BCUT2D eigenvalue weighted by Gasteiger charge is -2.31. The summed E-state index contributed by atoms with van der Waals surface area (Å²) < 4.78 is 0. The van der Waals surface area contributed by atoms with Gasteiger partial charge in [-0.05, 0) is 25.8 Å². The van der Waals surface area contributed by atoms with Crippen molar-refractivity contribution < 1.29 is 9.59 Å². The van der Waals surface area contributed by atoms with Gasteiger partial charge in [-0.2, -0.15) is 0 Å². The minimum absolute atomic E-state index is 0.168. The van der Waals surface area contributed by atoms with Crippen LogP contribution in [-0.2, 0) is 4.79 Å². The van der Waals surface area contributed by atoms with Gasteiger partial charge in [0.05, 0.1) is 0 Å². The Morgan fingerprint density at radius 3 is 2.39 bits per heavy atom. The Kier molecular flexibility index (Phi) is 3.11. The Bertz CT molecular complexity index is 468. The monoisotopic (exact) mass is 246 g/mol. The molecule has 1 N–H and O–H groups in total. The first-order valence-corrected chi connectivity index (χ1v) is 6.17. The first-order valence-electron chi connectivity index (χ1n) is 6.17. The molecule has 1 aliphatic heterocycles. The summed E-state index contributed by atoms with van der Waals surface area (Å²) in [5.74, 6) is -0.168. The lowest BCUT2D eigenvalue weighted by molar-refractivity contribution is -0.131. The molecule has 2 rings (SSSR count). The number of carbonyl (C=O) groups is 2. The fourth-order valence-electron chi connectivity index (χ4n) is 2.08. The molecule has 0 aliphatic carbocycles. The van der Waals surface area contributed by atoms with Crippen molar-refractivity contribution in [2.45, 2.75) is 38.8 Å². The zero-order valence-electron chi connectivity index (χ0n) is 10.9. The summed E-state index contributed by atoms with van der Waals surface area (Å²) in [6.07, 6.45) is 0.730. The summed E-state index contributed by atoms with van der Waals surface area (Å²) in [4.78, 5) is 25.7. The molecule has 1 aliphatic rings. The van der Waals surface area contributed by atoms with E-state index in [4.69, 9.17) is 0 Å². The van der Waals surface area contributed by atoms with E-state index in [1.54, 1.807) is 0 Å². The molecule has 1 heterocycles. The molecular formula is C14H18N2O2. The smallest absolute Gasteiger partial charge is 0.322 e. The Hall–Kier alpha value is -1.84. The second-order valence-corrected chi connectivity index (χ2v) is 5.13. The van der Waals surface area contributed by atoms with Gasteiger partial charge in [0.25, 0.3) is 5.91 Å². The minimum atomic E-state index is -0.551. The van der Waals surface area contributed by atoms with Gasteiger partial charge >= 0.3 is 6.03 Å². The van der Waals surface area contributed by atoms with Gasteiger partial charge in [-0.3, -0.25) is 9.69 Å². The number of hydrogen-bond acceptors (Lipinski definition) is 2. The van der Waals surface area contributed by atoms with E-state index < -0.39 is 11.6 Å². The first kappa shape index (κ1) is 12.6. The Morgan fingerprint density at radius 2 is 1.83 bits per heavy atom. The van der Waals surface area contributed by atoms with Crippen LogP contribution in [0.15, 0.2) is 30.3 Å². The average Bonchev–Trinajstić information content (AvgIpc) is 2.66. The van der Waals surface area contributed by atoms with Crippen molar-refractivity contribution in [2.24, 2.45) is 0 Å². The SMILES string of the molecule is CCC(C)(C)N1C(=O)NC(c2ccccc2)C1=O. The van der Waals surface area contributed by atoms with Crippen LogP contribution >= 0.6 is 0 Å². The van der Waals surface area contributed by atoms with Gasteiger partial charge in [-0.25, -0.2) is 4.79 Å². The maximum atomic E-state index is 12.4. The third-order valence-electron chi connectivity index (χ3n) is 3.54. The normalized spacial score (nSPS) is 20.2. The van der Waals surface area contributed by atoms with E-state index >= 15 is 0 Å². The van der Waals surface area contributed by atoms with E-state index in [-0.39, 0.29) is 11.9 Å². The van der Waals surface area contributed by atoms with Crippen LogP contribution in [0, 0.1) is 0 Å². The maximum Gasteiger partial charge on any atom is 0.325 e. The highest BCUT2D eigenvalue weighted by Gasteiger charge is 2.45. The number of urea groups is 1. The average molecular weight is 246 g/mol. The minimum Gasteiger partial charge on any atom is -0.322 e. The van der Waals surface area contributed by atoms with Crippen molar-refractivity contribution in [3.63, 3.8) is 0 Å². The zero-order valence-corrected chi connectivity index (χ0v) is 10.9. The number of amides is 3. The van der Waals surface area contributed by atoms with Crippen LogP contribution in [0.5, 0.6) is 0 Å². The number of carbonyl (C=O) groups excluding carboxylic acids is 2. The number of nitrogens with zero attached hydrogens (tertiary/aromatic N) is 1. The molecular weight excluding hydrogens is 228 g/mol. The van der Waals surface area contributed by atoms with E-state index in [9.17, 15) is 9.59 Å². The van der Waals surface area contributed by atoms with E-state index in [0.717, 1.165) is 12.0 Å². The topological polar surface area (TPSA) is 49.4 Å². The fraction of sp³-hybridized carbons (Fsp3) is 0.429. The van der Waals surface area contributed by atoms with Gasteiger partial charge in [0.2, 0.25) is 0 Å². The van der Waals surface area contributed by atoms with Gasteiger partial charge < -0.3 is 5.32 Å². The summed E-state index contributed by atoms with van der Waals surface area (Å²) in [5, 5.41) is 2.75. The molecule has 4 heteroatoms. The third-order valence-corrected chi connectivity index (χ3v) is 3.54. The molecule has 1 fully saturated rings. The van der Waals surface area contributed by atoms with Gasteiger partial charge in [-0.1, -0.05) is 37.3 Å². The largest absolute Gasteiger partial charge is 0.325 e. The summed E-state index contributed by atoms with van der Waals surface area (Å²) in [5.41, 5.74) is 0.371. The highest BCUT2D eigenvalue weighted by atomic mass is 16.2. The second-order valence-electron chi connectivity index (χ2n) is 5.13. The molecule has 1 unspecified atom stereocenters. The molecule has 0 radical (unpaired) electrons. The van der Waals surface area contributed by atoms with Crippen molar-refractivity contribution in [3.8, 4) is 0 Å².